The molecule has 1 heterocycles. The number of fused-ring (bicyclic) bond motifs is 1. The molecule has 0 aliphatic rings. The van der Waals surface area contributed by atoms with Gasteiger partial charge in [0, 0.05) is 10.9 Å². The first-order valence-electron chi connectivity index (χ1n) is 7.87. The lowest BCUT2D eigenvalue weighted by Crippen LogP contribution is -2.18. The van der Waals surface area contributed by atoms with Gasteiger partial charge in [-0.3, -0.25) is 4.79 Å². The van der Waals surface area contributed by atoms with Gasteiger partial charge in [-0.2, -0.15) is 13.2 Å². The van der Waals surface area contributed by atoms with E-state index in [9.17, 15) is 23.1 Å². The Morgan fingerprint density at radius 2 is 1.93 bits per heavy atom. The molecule has 8 heteroatoms. The van der Waals surface area contributed by atoms with Crippen molar-refractivity contribution in [3.05, 3.63) is 64.6 Å². The van der Waals surface area contributed by atoms with Gasteiger partial charge in [-0.25, -0.2) is 4.98 Å². The summed E-state index contributed by atoms with van der Waals surface area (Å²) in [4.78, 5) is 15.4. The summed E-state index contributed by atoms with van der Waals surface area (Å²) in [5.74, 6) is -1.01. The molecule has 0 atom stereocenters. The average Bonchev–Trinajstić information content (AvgIpc) is 2.60. The second kappa shape index (κ2) is 7.53. The Bertz CT molecular complexity index is 990. The van der Waals surface area contributed by atoms with Crippen molar-refractivity contribution < 1.29 is 23.1 Å². The third kappa shape index (κ3) is 4.28. The summed E-state index contributed by atoms with van der Waals surface area (Å²) in [6.07, 6.45) is 1.29. The highest BCUT2D eigenvalue weighted by atomic mass is 19.4. The molecule has 0 bridgehead atoms. The van der Waals surface area contributed by atoms with Crippen molar-refractivity contribution in [2.45, 2.75) is 20.0 Å². The summed E-state index contributed by atoms with van der Waals surface area (Å²) < 4.78 is 40.0. The first-order chi connectivity index (χ1) is 12.6. The number of aliphatic hydroxyl groups excluding tert-OH is 1. The zero-order valence-electron chi connectivity index (χ0n) is 14.6. The van der Waals surface area contributed by atoms with Crippen LogP contribution in [0.3, 0.4) is 0 Å². The number of hydrogen-bond donors (Lipinski definition) is 3. The number of benzene rings is 1. The van der Waals surface area contributed by atoms with Crippen LogP contribution >= 0.6 is 0 Å². The third-order valence-electron chi connectivity index (χ3n) is 3.82. The van der Waals surface area contributed by atoms with E-state index in [1.165, 1.54) is 30.4 Å². The van der Waals surface area contributed by atoms with E-state index in [-0.39, 0.29) is 22.4 Å². The Kier molecular flexibility index (Phi) is 5.58. The van der Waals surface area contributed by atoms with E-state index in [4.69, 9.17) is 11.5 Å². The second-order valence-corrected chi connectivity index (χ2v) is 5.79. The van der Waals surface area contributed by atoms with Crippen LogP contribution in [0.4, 0.5) is 18.9 Å². The molecule has 1 amide bonds. The fourth-order valence-corrected chi connectivity index (χ4v) is 2.49. The van der Waals surface area contributed by atoms with Crippen molar-refractivity contribution in [2.75, 3.05) is 5.73 Å². The van der Waals surface area contributed by atoms with Crippen LogP contribution in [0.5, 0.6) is 0 Å². The number of para-hydroxylation sites is 1. The molecule has 27 heavy (non-hydrogen) atoms. The standard InChI is InChI=1S/C19H18F3N3O2/c1-3-11(26)8-7-10(2)9-13-12-5-4-6-14(19(20,21)22)16(12)25-17(15(13)23)18(24)27/h3-9,26H,23H2,1-2H3,(H2,24,27)/b8-7-,10-9+,11-3-. The number of alkyl halides is 3. The minimum absolute atomic E-state index is 0.0208. The summed E-state index contributed by atoms with van der Waals surface area (Å²) in [7, 11) is 0. The number of primary amides is 1. The van der Waals surface area contributed by atoms with Crippen LogP contribution in [0.1, 0.15) is 35.5 Å². The number of hydrogen-bond acceptors (Lipinski definition) is 4. The van der Waals surface area contributed by atoms with Gasteiger partial charge < -0.3 is 16.6 Å². The largest absolute Gasteiger partial charge is 0.508 e. The Morgan fingerprint density at radius 1 is 1.26 bits per heavy atom. The molecule has 0 unspecified atom stereocenters. The smallest absolute Gasteiger partial charge is 0.418 e. The molecule has 2 rings (SSSR count). The molecule has 5 N–H and O–H groups in total. The SMILES string of the molecule is C/C=C(O)/C=C\C(C)=C\c1c(N)c(C(N)=O)nc2c(C(F)(F)F)cccc12. The van der Waals surface area contributed by atoms with E-state index >= 15 is 0 Å². The molecule has 0 aliphatic heterocycles. The molecule has 2 aromatic rings. The Morgan fingerprint density at radius 3 is 2.48 bits per heavy atom. The van der Waals surface area contributed by atoms with Gasteiger partial charge in [-0.05, 0) is 38.1 Å². The second-order valence-electron chi connectivity index (χ2n) is 5.79. The van der Waals surface area contributed by atoms with Gasteiger partial charge >= 0.3 is 6.18 Å². The molecular formula is C19H18F3N3O2. The van der Waals surface area contributed by atoms with Gasteiger partial charge in [0.2, 0.25) is 0 Å². The Balaban J connectivity index is 2.83. The normalized spacial score (nSPS) is 13.5. The summed E-state index contributed by atoms with van der Waals surface area (Å²) >= 11 is 0. The fourth-order valence-electron chi connectivity index (χ4n) is 2.49. The first kappa shape index (κ1) is 20.0. The Labute approximate surface area is 153 Å². The van der Waals surface area contributed by atoms with Crippen LogP contribution in [0, 0.1) is 0 Å². The number of anilines is 1. The number of pyridine rings is 1. The van der Waals surface area contributed by atoms with Gasteiger partial charge in [-0.1, -0.05) is 23.8 Å². The zero-order valence-corrected chi connectivity index (χ0v) is 14.6. The van der Waals surface area contributed by atoms with Crippen LogP contribution in [-0.2, 0) is 6.18 Å². The highest BCUT2D eigenvalue weighted by Gasteiger charge is 2.34. The van der Waals surface area contributed by atoms with E-state index in [1.54, 1.807) is 19.9 Å². The average molecular weight is 377 g/mol. The third-order valence-corrected chi connectivity index (χ3v) is 3.82. The number of aromatic nitrogens is 1. The number of carbonyl (C=O) groups is 1. The quantitative estimate of drug-likeness (QED) is 0.544. The van der Waals surface area contributed by atoms with Crippen LogP contribution in [0.25, 0.3) is 17.0 Å². The van der Waals surface area contributed by atoms with Crippen molar-refractivity contribution >= 4 is 28.6 Å². The molecule has 0 fully saturated rings. The number of halogens is 3. The van der Waals surface area contributed by atoms with Gasteiger partial charge in [0.15, 0.2) is 5.69 Å². The summed E-state index contributed by atoms with van der Waals surface area (Å²) in [5, 5.41) is 9.60. The molecular weight excluding hydrogens is 359 g/mol. The monoisotopic (exact) mass is 377 g/mol. The summed E-state index contributed by atoms with van der Waals surface area (Å²) in [6, 6.07) is 3.55. The minimum Gasteiger partial charge on any atom is -0.508 e. The number of carbonyl (C=O) groups excluding carboxylic acids is 1. The molecule has 0 radical (unpaired) electrons. The Hall–Kier alpha value is -3.29. The van der Waals surface area contributed by atoms with E-state index in [1.807, 2.05) is 0 Å². The van der Waals surface area contributed by atoms with Crippen molar-refractivity contribution in [1.82, 2.24) is 4.98 Å². The number of nitrogens with zero attached hydrogens (tertiary/aromatic N) is 1. The lowest BCUT2D eigenvalue weighted by Gasteiger charge is -2.14. The predicted octanol–water partition coefficient (Wildman–Crippen LogP) is 4.36. The molecule has 1 aromatic heterocycles. The van der Waals surface area contributed by atoms with Crippen molar-refractivity contribution in [3.8, 4) is 0 Å². The maximum absolute atomic E-state index is 13.3. The maximum Gasteiger partial charge on any atom is 0.418 e. The van der Waals surface area contributed by atoms with E-state index in [2.05, 4.69) is 4.98 Å². The van der Waals surface area contributed by atoms with Crippen molar-refractivity contribution in [2.24, 2.45) is 5.73 Å². The lowest BCUT2D eigenvalue weighted by molar-refractivity contribution is -0.136. The highest BCUT2D eigenvalue weighted by molar-refractivity contribution is 6.05. The van der Waals surface area contributed by atoms with Gasteiger partial charge in [0.25, 0.3) is 5.91 Å². The van der Waals surface area contributed by atoms with Crippen LogP contribution in [-0.4, -0.2) is 16.0 Å². The maximum atomic E-state index is 13.3. The number of nitrogens with two attached hydrogens (primary N) is 2. The van der Waals surface area contributed by atoms with Gasteiger partial charge in [0.1, 0.15) is 5.76 Å². The van der Waals surface area contributed by atoms with Gasteiger partial charge in [0.05, 0.1) is 16.8 Å². The van der Waals surface area contributed by atoms with Crippen molar-refractivity contribution in [1.29, 1.82) is 0 Å². The molecule has 1 aromatic carbocycles. The number of amides is 1. The number of nitrogen functional groups attached to an aromatic ring is 1. The molecule has 0 saturated carbocycles. The van der Waals surface area contributed by atoms with E-state index in [0.717, 1.165) is 6.07 Å². The van der Waals surface area contributed by atoms with Crippen molar-refractivity contribution in [3.63, 3.8) is 0 Å². The van der Waals surface area contributed by atoms with E-state index in [0.29, 0.717) is 5.57 Å². The first-order valence-corrected chi connectivity index (χ1v) is 7.87. The highest BCUT2D eigenvalue weighted by Crippen LogP contribution is 2.37. The molecule has 0 saturated heterocycles. The van der Waals surface area contributed by atoms with E-state index < -0.39 is 28.9 Å². The predicted molar refractivity (Wildman–Crippen MR) is 98.9 cm³/mol. The van der Waals surface area contributed by atoms with Crippen LogP contribution < -0.4 is 11.5 Å². The zero-order chi connectivity index (χ0) is 20.4. The fraction of sp³-hybridized carbons (Fsp3) is 0.158. The molecule has 142 valence electrons. The summed E-state index contributed by atoms with van der Waals surface area (Å²) in [6.45, 7) is 3.31. The number of rotatable bonds is 4. The molecule has 0 spiro atoms. The molecule has 5 nitrogen and oxygen atoms in total. The van der Waals surface area contributed by atoms with Gasteiger partial charge in [-0.15, -0.1) is 0 Å². The number of allylic oxidation sites excluding steroid dienone is 4. The topological polar surface area (TPSA) is 102 Å². The summed E-state index contributed by atoms with van der Waals surface area (Å²) in [5.41, 5.74) is 10.0. The molecule has 0 aliphatic carbocycles. The lowest BCUT2D eigenvalue weighted by atomic mass is 9.99. The number of aliphatic hydroxyl groups is 1. The van der Waals surface area contributed by atoms with Crippen LogP contribution in [0.2, 0.25) is 0 Å². The van der Waals surface area contributed by atoms with Crippen LogP contribution in [0.15, 0.2) is 47.8 Å². The minimum atomic E-state index is -4.66.